The number of hydrogen-bond donors (Lipinski definition) is 3. The van der Waals surface area contributed by atoms with Gasteiger partial charge in [0.1, 0.15) is 17.3 Å². The van der Waals surface area contributed by atoms with Crippen molar-refractivity contribution in [2.75, 3.05) is 77.7 Å². The Morgan fingerprint density at radius 1 is 0.754 bits per heavy atom. The van der Waals surface area contributed by atoms with Crippen LogP contribution < -0.4 is 30.7 Å². The number of nitrogen functional groups attached to an aromatic ring is 1. The Morgan fingerprint density at radius 2 is 1.51 bits per heavy atom. The largest absolute Gasteiger partial charge is 0.504 e. The van der Waals surface area contributed by atoms with Gasteiger partial charge in [-0.2, -0.15) is 0 Å². The number of urea groups is 1. The third-order valence-electron chi connectivity index (χ3n) is 17.0. The number of phenolic OH excluding ortho intramolecular Hbond substituents is 1. The Balaban J connectivity index is 0.640. The molecule has 2 bridgehead atoms. The van der Waals surface area contributed by atoms with Gasteiger partial charge >= 0.3 is 6.03 Å². The van der Waals surface area contributed by atoms with Crippen LogP contribution in [0.25, 0.3) is 22.3 Å². The van der Waals surface area contributed by atoms with E-state index in [1.807, 2.05) is 12.1 Å². The minimum absolute atomic E-state index is 0.0884. The number of anilines is 5. The number of fused-ring (bicyclic) bond motifs is 3. The molecule has 7 fully saturated rings. The van der Waals surface area contributed by atoms with Gasteiger partial charge in [0.15, 0.2) is 17.4 Å². The quantitative estimate of drug-likeness (QED) is 0.131. The second-order valence-corrected chi connectivity index (χ2v) is 21.2. The van der Waals surface area contributed by atoms with Crippen molar-refractivity contribution in [2.24, 2.45) is 11.3 Å². The smallest absolute Gasteiger partial charge is 0.328 e. The molecule has 7 aliphatic rings. The maximum absolute atomic E-state index is 15.7. The maximum atomic E-state index is 15.7. The number of nitrogens with zero attached hydrogens (tertiary/aromatic N) is 9. The number of piperazine rings is 1. The van der Waals surface area contributed by atoms with Crippen LogP contribution in [-0.2, 0) is 4.79 Å². The molecule has 3 amide bonds. The van der Waals surface area contributed by atoms with Crippen LogP contribution in [0.15, 0.2) is 54.9 Å². The minimum Gasteiger partial charge on any atom is -0.504 e. The molecule has 0 radical (unpaired) electrons. The van der Waals surface area contributed by atoms with E-state index in [9.17, 15) is 23.5 Å². The first kappa shape index (κ1) is 44.1. The molecule has 5 saturated heterocycles. The van der Waals surface area contributed by atoms with Crippen LogP contribution in [-0.4, -0.2) is 106 Å². The first-order valence-corrected chi connectivity index (χ1v) is 25.2. The zero-order chi connectivity index (χ0) is 47.1. The van der Waals surface area contributed by atoms with E-state index < -0.39 is 17.4 Å². The van der Waals surface area contributed by atoms with Gasteiger partial charge in [0.2, 0.25) is 5.91 Å². The first-order chi connectivity index (χ1) is 33.5. The summed E-state index contributed by atoms with van der Waals surface area (Å²) < 4.78 is 46.5. The molecule has 2 atom stereocenters. The maximum Gasteiger partial charge on any atom is 0.328 e. The Kier molecular flexibility index (Phi) is 11.1. The Hall–Kier alpha value is -6.10. The predicted octanol–water partition coefficient (Wildman–Crippen LogP) is 8.49. The van der Waals surface area contributed by atoms with Crippen LogP contribution in [0, 0.1) is 28.8 Å². The number of hydrogen-bond acceptors (Lipinski definition) is 11. The average molecular weight is 944 g/mol. The number of halogens is 3. The van der Waals surface area contributed by atoms with E-state index in [4.69, 9.17) is 10.7 Å². The van der Waals surface area contributed by atoms with Gasteiger partial charge in [-0.15, -0.1) is 10.2 Å². The molecule has 1 spiro atoms. The number of amides is 3. The van der Waals surface area contributed by atoms with E-state index in [-0.39, 0.29) is 46.9 Å². The summed E-state index contributed by atoms with van der Waals surface area (Å²) in [5, 5.41) is 22.1. The number of rotatable bonds is 9. The Bertz CT molecular complexity index is 2800. The number of pyridine rings is 1. The molecule has 5 aliphatic heterocycles. The molecule has 2 aliphatic carbocycles. The number of nitrogens with two attached hydrogens (primary N) is 1. The molecule has 362 valence electrons. The lowest BCUT2D eigenvalue weighted by molar-refractivity contribution is -0.120. The van der Waals surface area contributed by atoms with Gasteiger partial charge < -0.3 is 35.0 Å². The van der Waals surface area contributed by atoms with Crippen molar-refractivity contribution in [3.8, 4) is 17.0 Å². The summed E-state index contributed by atoms with van der Waals surface area (Å²) in [7, 11) is 0. The van der Waals surface area contributed by atoms with Crippen molar-refractivity contribution in [1.82, 2.24) is 30.0 Å². The number of benzene rings is 2. The van der Waals surface area contributed by atoms with Crippen LogP contribution >= 0.6 is 0 Å². The molecule has 3 aromatic heterocycles. The van der Waals surface area contributed by atoms with E-state index in [0.29, 0.717) is 66.8 Å². The Labute approximate surface area is 399 Å². The van der Waals surface area contributed by atoms with Crippen molar-refractivity contribution in [3.63, 3.8) is 0 Å². The number of likely N-dealkylation sites (tertiary alicyclic amines) is 1. The summed E-state index contributed by atoms with van der Waals surface area (Å²) in [6.45, 7) is 6.66. The highest BCUT2D eigenvalue weighted by Gasteiger charge is 2.43. The number of carbonyl (C=O) groups is 2. The fraction of sp³-hybridized carbons (Fsp3) is 0.519. The van der Waals surface area contributed by atoms with E-state index in [1.54, 1.807) is 23.2 Å². The van der Waals surface area contributed by atoms with Gasteiger partial charge in [-0.3, -0.25) is 15.0 Å². The molecule has 12 rings (SSSR count). The summed E-state index contributed by atoms with van der Waals surface area (Å²) >= 11 is 0. The lowest BCUT2D eigenvalue weighted by Gasteiger charge is -2.47. The molecular formula is C52H60F3N11O3. The molecule has 8 heterocycles. The predicted molar refractivity (Wildman–Crippen MR) is 259 cm³/mol. The van der Waals surface area contributed by atoms with Crippen molar-refractivity contribution in [1.29, 1.82) is 0 Å². The van der Waals surface area contributed by atoms with Crippen molar-refractivity contribution in [2.45, 2.75) is 108 Å². The summed E-state index contributed by atoms with van der Waals surface area (Å²) in [5.74, 6) is -1.68. The van der Waals surface area contributed by atoms with Gasteiger partial charge in [-0.25, -0.2) is 22.9 Å². The molecule has 17 heteroatoms. The highest BCUT2D eigenvalue weighted by molar-refractivity contribution is 6.06. The highest BCUT2D eigenvalue weighted by atomic mass is 19.1. The van der Waals surface area contributed by atoms with Crippen LogP contribution in [0.3, 0.4) is 0 Å². The second kappa shape index (κ2) is 17.4. The average Bonchev–Trinajstić information content (AvgIpc) is 4.08. The monoisotopic (exact) mass is 943 g/mol. The van der Waals surface area contributed by atoms with Crippen molar-refractivity contribution in [3.05, 3.63) is 77.9 Å². The topological polar surface area (TPSA) is 152 Å². The molecule has 4 N–H and O–H groups in total. The zero-order valence-corrected chi connectivity index (χ0v) is 38.9. The molecule has 2 aromatic carbocycles. The van der Waals surface area contributed by atoms with Crippen LogP contribution in [0.1, 0.15) is 101 Å². The molecule has 5 aromatic rings. The molecular weight excluding hydrogens is 884 g/mol. The molecule has 2 saturated carbocycles. The first-order valence-electron chi connectivity index (χ1n) is 25.2. The van der Waals surface area contributed by atoms with Crippen molar-refractivity contribution >= 4 is 51.5 Å². The summed E-state index contributed by atoms with van der Waals surface area (Å²) in [6.07, 6.45) is 18.1. The second-order valence-electron chi connectivity index (χ2n) is 21.2. The number of nitrogens with one attached hydrogen (secondary N) is 1. The summed E-state index contributed by atoms with van der Waals surface area (Å²) in [5.41, 5.74) is 12.2. The third-order valence-corrected chi connectivity index (χ3v) is 17.0. The number of aromatic nitrogens is 4. The number of carbonyl (C=O) groups excluding carboxylic acids is 2. The number of aromatic hydroxyl groups is 1. The molecule has 69 heavy (non-hydrogen) atoms. The standard InChI is InChI=1S/C52H60F3N11O3/c53-33-21-40(48(68)43(55)22-33)44-25-46(49(56)60-59-44)63-28-36-3-4-37(29-63)66(36)35-5-6-42(54)45(24-35)62-16-9-31(10-17-62)27-61-19-14-52(15-20-61)12-7-34(8-13-52)65-30-41(32-1-2-32)39-23-38(26-57-50(39)65)64-18-11-47(67)58-51(64)69/h5-6,21-26,30-32,34,36-37,68H,1-4,7-20,27-29H2,(H2,56,60)(H,58,67,69). The SMILES string of the molecule is Nc1nnc(-c2cc(F)cc(F)c2O)cc1N1CC2CCC(C1)N2c1ccc(F)c(N2CCC(CN3CCC4(CCC(n5cc(C6CC6)c6cc(N7CCC(=O)NC7=O)cnc65)CC4)CC3)CC2)c1. The zero-order valence-electron chi connectivity index (χ0n) is 38.9. The van der Waals surface area contributed by atoms with Gasteiger partial charge in [0.25, 0.3) is 0 Å². The number of imide groups is 1. The highest BCUT2D eigenvalue weighted by Crippen LogP contribution is 2.51. The van der Waals surface area contributed by atoms with E-state index >= 15 is 4.39 Å². The lowest BCUT2D eigenvalue weighted by atomic mass is 9.67. The third kappa shape index (κ3) is 8.27. The number of phenols is 1. The number of piperidine rings is 2. The van der Waals surface area contributed by atoms with Crippen molar-refractivity contribution < 1.29 is 27.9 Å². The van der Waals surface area contributed by atoms with E-state index in [0.717, 1.165) is 99.7 Å². The van der Waals surface area contributed by atoms with E-state index in [1.165, 1.54) is 44.1 Å². The summed E-state index contributed by atoms with van der Waals surface area (Å²) in [6, 6.07) is 11.3. The van der Waals surface area contributed by atoms with Gasteiger partial charge in [0.05, 0.1) is 29.0 Å². The Morgan fingerprint density at radius 3 is 2.23 bits per heavy atom. The minimum atomic E-state index is -1.07. The van der Waals surface area contributed by atoms with Crippen LogP contribution in [0.4, 0.5) is 46.5 Å². The molecule has 14 nitrogen and oxygen atoms in total. The van der Waals surface area contributed by atoms with Crippen LogP contribution in [0.2, 0.25) is 0 Å². The van der Waals surface area contributed by atoms with E-state index in [2.05, 4.69) is 51.9 Å². The van der Waals surface area contributed by atoms with Gasteiger partial charge in [0, 0.05) is 92.7 Å². The fourth-order valence-corrected chi connectivity index (χ4v) is 13.0. The van der Waals surface area contributed by atoms with Gasteiger partial charge in [-0.05, 0) is 149 Å². The lowest BCUT2D eigenvalue weighted by Crippen LogP contribution is -2.54. The summed E-state index contributed by atoms with van der Waals surface area (Å²) in [4.78, 5) is 40.5. The fourth-order valence-electron chi connectivity index (χ4n) is 13.0. The van der Waals surface area contributed by atoms with Gasteiger partial charge in [-0.1, -0.05) is 0 Å². The molecule has 2 unspecified atom stereocenters. The van der Waals surface area contributed by atoms with Crippen LogP contribution in [0.5, 0.6) is 5.75 Å². The normalized spacial score (nSPS) is 23.7.